The molecule has 0 saturated carbocycles. The molecule has 0 bridgehead atoms. The third kappa shape index (κ3) is 6.35. The van der Waals surface area contributed by atoms with Crippen molar-refractivity contribution in [2.24, 2.45) is 0 Å². The number of thiocarbonyl (C=S) groups is 1. The lowest BCUT2D eigenvalue weighted by Gasteiger charge is -2.22. The van der Waals surface area contributed by atoms with Crippen molar-refractivity contribution in [3.8, 4) is 5.75 Å². The number of para-hydroxylation sites is 2. The molecular formula is C36H27N3O4S2. The van der Waals surface area contributed by atoms with Crippen LogP contribution >= 0.6 is 24.0 Å². The van der Waals surface area contributed by atoms with Gasteiger partial charge in [0.1, 0.15) is 11.0 Å². The minimum Gasteiger partial charge on any atom is -0.495 e. The standard InChI is InChI=1S/C36H27N3O4S2/c1-43-30-20-8-7-18-28(30)39-36(44)37-23-13-9-14-24(21-23)45-34(22-11-3-2-4-12-22)35(42)38-29-19-10-17-27-31(29)33(41)26-16-6-5-15-25(26)32(27)40/h2-21,34H,1H3,(H,38,42)(H2,37,39,44). The first-order valence-electron chi connectivity index (χ1n) is 14.1. The number of carbonyl (C=O) groups excluding carboxylic acids is 3. The zero-order chi connectivity index (χ0) is 31.3. The van der Waals surface area contributed by atoms with Gasteiger partial charge < -0.3 is 20.7 Å². The third-order valence-corrected chi connectivity index (χ3v) is 8.70. The zero-order valence-corrected chi connectivity index (χ0v) is 25.7. The highest BCUT2D eigenvalue weighted by molar-refractivity contribution is 8.00. The minimum absolute atomic E-state index is 0.202. The molecule has 0 saturated heterocycles. The smallest absolute Gasteiger partial charge is 0.242 e. The quantitative estimate of drug-likeness (QED) is 0.116. The van der Waals surface area contributed by atoms with E-state index in [1.165, 1.54) is 11.8 Å². The second-order valence-corrected chi connectivity index (χ2v) is 11.7. The molecule has 0 aliphatic heterocycles. The van der Waals surface area contributed by atoms with E-state index in [4.69, 9.17) is 17.0 Å². The number of fused-ring (bicyclic) bond motifs is 2. The van der Waals surface area contributed by atoms with E-state index in [0.717, 1.165) is 21.8 Å². The molecule has 1 aliphatic carbocycles. The van der Waals surface area contributed by atoms with Gasteiger partial charge in [0.15, 0.2) is 16.7 Å². The molecule has 1 amide bonds. The predicted octanol–water partition coefficient (Wildman–Crippen LogP) is 7.75. The summed E-state index contributed by atoms with van der Waals surface area (Å²) in [6, 6.07) is 36.2. The first-order chi connectivity index (χ1) is 21.9. The van der Waals surface area contributed by atoms with Crippen LogP contribution in [0.5, 0.6) is 5.75 Å². The predicted molar refractivity (Wildman–Crippen MR) is 183 cm³/mol. The van der Waals surface area contributed by atoms with Crippen molar-refractivity contribution in [3.05, 3.63) is 149 Å². The Balaban J connectivity index is 1.24. The Morgan fingerprint density at radius 3 is 2.11 bits per heavy atom. The van der Waals surface area contributed by atoms with Crippen molar-refractivity contribution in [2.75, 3.05) is 23.1 Å². The minimum atomic E-state index is -0.669. The van der Waals surface area contributed by atoms with Gasteiger partial charge in [0.05, 0.1) is 24.0 Å². The van der Waals surface area contributed by atoms with Gasteiger partial charge in [0.2, 0.25) is 5.91 Å². The van der Waals surface area contributed by atoms with Crippen LogP contribution in [-0.2, 0) is 4.79 Å². The molecule has 45 heavy (non-hydrogen) atoms. The largest absolute Gasteiger partial charge is 0.495 e. The van der Waals surface area contributed by atoms with Crippen molar-refractivity contribution in [3.63, 3.8) is 0 Å². The van der Waals surface area contributed by atoms with Gasteiger partial charge in [-0.05, 0) is 54.2 Å². The van der Waals surface area contributed by atoms with Gasteiger partial charge in [-0.2, -0.15) is 0 Å². The highest BCUT2D eigenvalue weighted by atomic mass is 32.2. The summed E-state index contributed by atoms with van der Waals surface area (Å²) in [5.41, 5.74) is 3.72. The van der Waals surface area contributed by atoms with Crippen molar-refractivity contribution >= 4 is 63.6 Å². The van der Waals surface area contributed by atoms with Crippen LogP contribution in [0.3, 0.4) is 0 Å². The molecular weight excluding hydrogens is 603 g/mol. The third-order valence-electron chi connectivity index (χ3n) is 7.25. The van der Waals surface area contributed by atoms with Gasteiger partial charge in [0.25, 0.3) is 0 Å². The summed E-state index contributed by atoms with van der Waals surface area (Å²) in [5.74, 6) is -0.202. The highest BCUT2D eigenvalue weighted by Crippen LogP contribution is 2.39. The van der Waals surface area contributed by atoms with Crippen LogP contribution in [-0.4, -0.2) is 29.7 Å². The van der Waals surface area contributed by atoms with E-state index >= 15 is 0 Å². The molecule has 6 rings (SSSR count). The fraction of sp³-hybridized carbons (Fsp3) is 0.0556. The number of rotatable bonds is 8. The Labute approximate surface area is 270 Å². The normalized spacial score (nSPS) is 12.4. The van der Waals surface area contributed by atoms with Gasteiger partial charge in [0, 0.05) is 27.3 Å². The summed E-state index contributed by atoms with van der Waals surface area (Å²) in [7, 11) is 1.60. The number of carbonyl (C=O) groups is 3. The summed E-state index contributed by atoms with van der Waals surface area (Å²) in [5, 5.41) is 9.03. The lowest BCUT2D eigenvalue weighted by atomic mass is 9.83. The summed E-state index contributed by atoms with van der Waals surface area (Å²) in [6.45, 7) is 0. The van der Waals surface area contributed by atoms with Crippen molar-refractivity contribution in [1.82, 2.24) is 0 Å². The topological polar surface area (TPSA) is 96.5 Å². The number of anilines is 3. The van der Waals surface area contributed by atoms with E-state index in [1.54, 1.807) is 49.6 Å². The Morgan fingerprint density at radius 1 is 0.689 bits per heavy atom. The van der Waals surface area contributed by atoms with E-state index in [0.29, 0.717) is 27.7 Å². The number of ketones is 2. The number of thioether (sulfide) groups is 1. The van der Waals surface area contributed by atoms with Crippen LogP contribution in [0.15, 0.2) is 126 Å². The van der Waals surface area contributed by atoms with Gasteiger partial charge >= 0.3 is 0 Å². The van der Waals surface area contributed by atoms with E-state index in [2.05, 4.69) is 16.0 Å². The fourth-order valence-electron chi connectivity index (χ4n) is 5.16. The molecule has 5 aromatic rings. The Morgan fingerprint density at radius 2 is 1.33 bits per heavy atom. The van der Waals surface area contributed by atoms with Gasteiger partial charge in [-0.3, -0.25) is 14.4 Å². The highest BCUT2D eigenvalue weighted by Gasteiger charge is 2.32. The van der Waals surface area contributed by atoms with Gasteiger partial charge in [-0.25, -0.2) is 0 Å². The van der Waals surface area contributed by atoms with E-state index in [9.17, 15) is 14.4 Å². The van der Waals surface area contributed by atoms with Crippen LogP contribution in [0.2, 0.25) is 0 Å². The summed E-state index contributed by atoms with van der Waals surface area (Å²) >= 11 is 6.90. The molecule has 0 radical (unpaired) electrons. The van der Waals surface area contributed by atoms with Crippen LogP contribution in [0.25, 0.3) is 0 Å². The number of ether oxygens (including phenoxy) is 1. The van der Waals surface area contributed by atoms with Crippen molar-refractivity contribution in [1.29, 1.82) is 0 Å². The Bertz CT molecular complexity index is 1940. The molecule has 0 spiro atoms. The molecule has 1 atom stereocenters. The van der Waals surface area contributed by atoms with Crippen LogP contribution in [0.1, 0.15) is 42.7 Å². The second-order valence-electron chi connectivity index (χ2n) is 10.1. The lowest BCUT2D eigenvalue weighted by Crippen LogP contribution is -2.25. The maximum Gasteiger partial charge on any atom is 0.242 e. The van der Waals surface area contributed by atoms with Gasteiger partial charge in [-0.15, -0.1) is 11.8 Å². The van der Waals surface area contributed by atoms with Crippen LogP contribution < -0.4 is 20.7 Å². The molecule has 0 aromatic heterocycles. The molecule has 1 unspecified atom stereocenters. The molecule has 3 N–H and O–H groups in total. The monoisotopic (exact) mass is 629 g/mol. The van der Waals surface area contributed by atoms with Crippen molar-refractivity contribution < 1.29 is 19.1 Å². The number of methoxy groups -OCH3 is 1. The molecule has 222 valence electrons. The maximum atomic E-state index is 14.0. The molecule has 0 fully saturated rings. The second kappa shape index (κ2) is 13.2. The van der Waals surface area contributed by atoms with Crippen LogP contribution in [0.4, 0.5) is 17.1 Å². The molecule has 7 nitrogen and oxygen atoms in total. The number of nitrogens with one attached hydrogen (secondary N) is 3. The van der Waals surface area contributed by atoms with Crippen LogP contribution in [0, 0.1) is 0 Å². The number of benzene rings is 5. The summed E-state index contributed by atoms with van der Waals surface area (Å²) < 4.78 is 5.40. The van der Waals surface area contributed by atoms with E-state index < -0.39 is 5.25 Å². The Hall–Kier alpha value is -5.25. The summed E-state index contributed by atoms with van der Waals surface area (Å²) in [4.78, 5) is 41.6. The van der Waals surface area contributed by atoms with Gasteiger partial charge in [-0.1, -0.05) is 84.9 Å². The first-order valence-corrected chi connectivity index (χ1v) is 15.4. The molecule has 0 heterocycles. The number of amides is 1. The lowest BCUT2D eigenvalue weighted by molar-refractivity contribution is -0.115. The fourth-order valence-corrected chi connectivity index (χ4v) is 6.48. The van der Waals surface area contributed by atoms with E-state index in [-0.39, 0.29) is 28.6 Å². The number of hydrogen-bond acceptors (Lipinski definition) is 6. The average Bonchev–Trinajstić information content (AvgIpc) is 3.07. The molecule has 9 heteroatoms. The molecule has 5 aromatic carbocycles. The number of hydrogen-bond donors (Lipinski definition) is 3. The SMILES string of the molecule is COc1ccccc1NC(=S)Nc1cccc(SC(C(=O)Nc2cccc3c2C(=O)c2ccccc2C3=O)c2ccccc2)c1. The van der Waals surface area contributed by atoms with Crippen molar-refractivity contribution in [2.45, 2.75) is 10.1 Å². The maximum absolute atomic E-state index is 14.0. The first kappa shape index (κ1) is 29.8. The Kier molecular flexibility index (Phi) is 8.72. The summed E-state index contributed by atoms with van der Waals surface area (Å²) in [6.07, 6.45) is 0. The molecule has 1 aliphatic rings. The van der Waals surface area contributed by atoms with E-state index in [1.807, 2.05) is 78.9 Å². The zero-order valence-electron chi connectivity index (χ0n) is 24.1. The average molecular weight is 630 g/mol.